The van der Waals surface area contributed by atoms with Crippen LogP contribution in [0.25, 0.3) is 0 Å². The van der Waals surface area contributed by atoms with Gasteiger partial charge in [0.05, 0.1) is 13.2 Å². The van der Waals surface area contributed by atoms with Crippen molar-refractivity contribution in [1.29, 1.82) is 0 Å². The van der Waals surface area contributed by atoms with E-state index < -0.39 is 0 Å². The zero-order valence-electron chi connectivity index (χ0n) is 15.4. The average molecular weight is 440 g/mol. The number of hydrogen-bond acceptors (Lipinski definition) is 3. The molecule has 1 rings (SSSR count). The summed E-state index contributed by atoms with van der Waals surface area (Å²) in [5.74, 6) is 1.63. The second-order valence-electron chi connectivity index (χ2n) is 6.37. The van der Waals surface area contributed by atoms with Gasteiger partial charge in [0, 0.05) is 25.7 Å². The van der Waals surface area contributed by atoms with E-state index in [-0.39, 0.29) is 24.0 Å². The fourth-order valence-corrected chi connectivity index (χ4v) is 2.91. The van der Waals surface area contributed by atoms with Crippen molar-refractivity contribution in [2.24, 2.45) is 10.9 Å². The van der Waals surface area contributed by atoms with Crippen LogP contribution in [0.3, 0.4) is 0 Å². The number of halogens is 1. The molecule has 0 aromatic carbocycles. The van der Waals surface area contributed by atoms with Crippen molar-refractivity contribution in [2.45, 2.75) is 53.0 Å². The lowest BCUT2D eigenvalue weighted by molar-refractivity contribution is 0.152. The second-order valence-corrected chi connectivity index (χ2v) is 6.37. The number of hydrogen-bond donors (Lipinski definition) is 2. The molecular weight excluding hydrogens is 403 g/mol. The molecule has 0 aromatic heterocycles. The van der Waals surface area contributed by atoms with Gasteiger partial charge in [-0.1, -0.05) is 13.8 Å². The summed E-state index contributed by atoms with van der Waals surface area (Å²) in [6.07, 6.45) is 3.90. The number of ether oxygens (including phenoxy) is 1. The Morgan fingerprint density at radius 1 is 1.17 bits per heavy atom. The molecule has 0 radical (unpaired) electrons. The van der Waals surface area contributed by atoms with Gasteiger partial charge in [0.15, 0.2) is 5.96 Å². The summed E-state index contributed by atoms with van der Waals surface area (Å²) in [5, 5.41) is 6.67. The zero-order chi connectivity index (χ0) is 16.2. The predicted octanol–water partition coefficient (Wildman–Crippen LogP) is 2.71. The molecule has 1 aliphatic heterocycles. The van der Waals surface area contributed by atoms with E-state index in [2.05, 4.69) is 36.3 Å². The maximum absolute atomic E-state index is 5.37. The molecule has 5 nitrogen and oxygen atoms in total. The lowest BCUT2D eigenvalue weighted by Gasteiger charge is -2.28. The van der Waals surface area contributed by atoms with Crippen LogP contribution in [-0.2, 0) is 4.74 Å². The minimum atomic E-state index is 0. The van der Waals surface area contributed by atoms with E-state index in [9.17, 15) is 0 Å². The molecule has 1 fully saturated rings. The van der Waals surface area contributed by atoms with Crippen LogP contribution < -0.4 is 10.6 Å². The smallest absolute Gasteiger partial charge is 0.191 e. The standard InChI is InChI=1S/C17H36N4O.HI/c1-5-18-17(19-9-12-22-6-2)20-14-16(13-15(3)4)21-10-7-8-11-21;/h15-16H,5-14H2,1-4H3,(H2,18,19,20);1H. The van der Waals surface area contributed by atoms with Crippen molar-refractivity contribution in [3.8, 4) is 0 Å². The van der Waals surface area contributed by atoms with E-state index in [1.54, 1.807) is 0 Å². The van der Waals surface area contributed by atoms with Crippen LogP contribution in [0.4, 0.5) is 0 Å². The van der Waals surface area contributed by atoms with Crippen molar-refractivity contribution >= 4 is 29.9 Å². The summed E-state index contributed by atoms with van der Waals surface area (Å²) >= 11 is 0. The molecular formula is C17H37IN4O. The molecule has 1 saturated heterocycles. The fraction of sp³-hybridized carbons (Fsp3) is 0.941. The first-order valence-electron chi connectivity index (χ1n) is 9.01. The normalized spacial score (nSPS) is 17.2. The number of nitrogens with zero attached hydrogens (tertiary/aromatic N) is 2. The highest BCUT2D eigenvalue weighted by Gasteiger charge is 2.22. The maximum atomic E-state index is 5.37. The monoisotopic (exact) mass is 440 g/mol. The van der Waals surface area contributed by atoms with Gasteiger partial charge >= 0.3 is 0 Å². The molecule has 1 unspecified atom stereocenters. The molecule has 1 atom stereocenters. The van der Waals surface area contributed by atoms with Gasteiger partial charge in [0.25, 0.3) is 0 Å². The number of guanidine groups is 1. The Hall–Kier alpha value is -0.0800. The van der Waals surface area contributed by atoms with Crippen molar-refractivity contribution in [2.75, 3.05) is 45.9 Å². The van der Waals surface area contributed by atoms with Crippen LogP contribution in [0.1, 0.15) is 47.0 Å². The van der Waals surface area contributed by atoms with Gasteiger partial charge in [-0.3, -0.25) is 9.89 Å². The van der Waals surface area contributed by atoms with E-state index in [1.165, 1.54) is 32.4 Å². The van der Waals surface area contributed by atoms with Crippen molar-refractivity contribution in [1.82, 2.24) is 15.5 Å². The van der Waals surface area contributed by atoms with Crippen LogP contribution in [0.5, 0.6) is 0 Å². The van der Waals surface area contributed by atoms with Crippen molar-refractivity contribution < 1.29 is 4.74 Å². The number of nitrogens with one attached hydrogen (secondary N) is 2. The van der Waals surface area contributed by atoms with Gasteiger partial charge in [0.2, 0.25) is 0 Å². The first kappa shape index (κ1) is 22.9. The number of rotatable bonds is 10. The van der Waals surface area contributed by atoms with E-state index in [1.807, 2.05) is 6.92 Å². The summed E-state index contributed by atoms with van der Waals surface area (Å²) in [4.78, 5) is 7.42. The Kier molecular flexibility index (Phi) is 14.2. The second kappa shape index (κ2) is 14.3. The molecule has 2 N–H and O–H groups in total. The van der Waals surface area contributed by atoms with Crippen LogP contribution in [0, 0.1) is 5.92 Å². The third-order valence-corrected chi connectivity index (χ3v) is 3.95. The summed E-state index contributed by atoms with van der Waals surface area (Å²) in [6.45, 7) is 15.3. The molecule has 1 aliphatic rings. The summed E-state index contributed by atoms with van der Waals surface area (Å²) < 4.78 is 5.37. The molecule has 0 aliphatic carbocycles. The molecule has 0 spiro atoms. The van der Waals surface area contributed by atoms with Crippen LogP contribution in [0.15, 0.2) is 4.99 Å². The molecule has 1 heterocycles. The van der Waals surface area contributed by atoms with Gasteiger partial charge in [-0.2, -0.15) is 0 Å². The van der Waals surface area contributed by atoms with Gasteiger partial charge in [0.1, 0.15) is 0 Å². The Labute approximate surface area is 160 Å². The minimum absolute atomic E-state index is 0. The molecule has 0 aromatic rings. The molecule has 0 saturated carbocycles. The van der Waals surface area contributed by atoms with Crippen molar-refractivity contribution in [3.05, 3.63) is 0 Å². The lowest BCUT2D eigenvalue weighted by atomic mass is 10.0. The van der Waals surface area contributed by atoms with Gasteiger partial charge < -0.3 is 15.4 Å². The van der Waals surface area contributed by atoms with E-state index in [4.69, 9.17) is 9.73 Å². The quantitative estimate of drug-likeness (QED) is 0.237. The summed E-state index contributed by atoms with van der Waals surface area (Å²) in [5.41, 5.74) is 0. The first-order valence-corrected chi connectivity index (χ1v) is 9.01. The topological polar surface area (TPSA) is 48.9 Å². The highest BCUT2D eigenvalue weighted by molar-refractivity contribution is 14.0. The average Bonchev–Trinajstić information content (AvgIpc) is 3.01. The van der Waals surface area contributed by atoms with Gasteiger partial charge in [-0.25, -0.2) is 0 Å². The largest absolute Gasteiger partial charge is 0.380 e. The highest BCUT2D eigenvalue weighted by atomic mass is 127. The van der Waals surface area contributed by atoms with E-state index in [0.29, 0.717) is 12.0 Å². The van der Waals surface area contributed by atoms with Crippen LogP contribution in [-0.4, -0.2) is 62.8 Å². The molecule has 0 amide bonds. The molecule has 6 heteroatoms. The number of likely N-dealkylation sites (tertiary alicyclic amines) is 1. The Balaban J connectivity index is 0.00000484. The van der Waals surface area contributed by atoms with Crippen molar-refractivity contribution in [3.63, 3.8) is 0 Å². The summed E-state index contributed by atoms with van der Waals surface area (Å²) in [6, 6.07) is 0.574. The van der Waals surface area contributed by atoms with Crippen LogP contribution >= 0.6 is 24.0 Å². The third kappa shape index (κ3) is 10.4. The fourth-order valence-electron chi connectivity index (χ4n) is 2.91. The molecule has 138 valence electrons. The first-order chi connectivity index (χ1) is 10.7. The maximum Gasteiger partial charge on any atom is 0.191 e. The lowest BCUT2D eigenvalue weighted by Crippen LogP contribution is -2.41. The molecule has 0 bridgehead atoms. The Morgan fingerprint density at radius 3 is 2.43 bits per heavy atom. The Morgan fingerprint density at radius 2 is 1.87 bits per heavy atom. The van der Waals surface area contributed by atoms with Gasteiger partial charge in [-0.15, -0.1) is 24.0 Å². The molecule has 23 heavy (non-hydrogen) atoms. The number of aliphatic imine (C=N–C) groups is 1. The predicted molar refractivity (Wildman–Crippen MR) is 110 cm³/mol. The van der Waals surface area contributed by atoms with Crippen LogP contribution in [0.2, 0.25) is 0 Å². The van der Waals surface area contributed by atoms with E-state index in [0.717, 1.165) is 38.8 Å². The van der Waals surface area contributed by atoms with Gasteiger partial charge in [-0.05, 0) is 52.1 Å². The minimum Gasteiger partial charge on any atom is -0.380 e. The zero-order valence-corrected chi connectivity index (χ0v) is 17.8. The Bertz CT molecular complexity index is 307. The SMILES string of the molecule is CCNC(=NCC(CC(C)C)N1CCCC1)NCCOCC.I. The summed E-state index contributed by atoms with van der Waals surface area (Å²) in [7, 11) is 0. The highest BCUT2D eigenvalue weighted by Crippen LogP contribution is 2.18. The third-order valence-electron chi connectivity index (χ3n) is 3.95. The van der Waals surface area contributed by atoms with E-state index >= 15 is 0 Å².